The summed E-state index contributed by atoms with van der Waals surface area (Å²) >= 11 is -1.27. The van der Waals surface area contributed by atoms with Crippen LogP contribution in [-0.4, -0.2) is 17.0 Å². The van der Waals surface area contributed by atoms with Gasteiger partial charge < -0.3 is 5.11 Å². The van der Waals surface area contributed by atoms with Gasteiger partial charge in [-0.3, -0.25) is 4.79 Å². The van der Waals surface area contributed by atoms with E-state index in [1.165, 1.54) is 3.07 Å². The molecule has 0 aromatic heterocycles. The van der Waals surface area contributed by atoms with Crippen molar-refractivity contribution in [2.75, 3.05) is 0 Å². The molecule has 5 heteroatoms. The monoisotopic (exact) mass is 397 g/mol. The Morgan fingerprint density at radius 2 is 1.67 bits per heavy atom. The molecule has 0 spiro atoms. The van der Waals surface area contributed by atoms with E-state index in [1.807, 2.05) is 18.2 Å². The molecule has 0 unspecified atom stereocenters. The van der Waals surface area contributed by atoms with Crippen LogP contribution in [0.15, 0.2) is 30.3 Å². The van der Waals surface area contributed by atoms with Gasteiger partial charge in [-0.2, -0.15) is 0 Å². The molecule has 4 nitrogen and oxygen atoms in total. The van der Waals surface area contributed by atoms with Crippen LogP contribution >= 0.6 is 0 Å². The molecule has 0 saturated carbocycles. The molecule has 0 saturated heterocycles. The number of nitrogens with one attached hydrogen (secondary N) is 1. The van der Waals surface area contributed by atoms with Gasteiger partial charge in [0.2, 0.25) is 0 Å². The predicted molar refractivity (Wildman–Crippen MR) is 53.2 cm³/mol. The van der Waals surface area contributed by atoms with Gasteiger partial charge in [0.1, 0.15) is 0 Å². The van der Waals surface area contributed by atoms with E-state index in [9.17, 15) is 4.79 Å². The Morgan fingerprint density at radius 3 is 2.07 bits per heavy atom. The Balaban J connectivity index is 0.000000423. The number of hydrogen-bond acceptors (Lipinski definition) is 2. The maximum absolute atomic E-state index is 10.6. The van der Waals surface area contributed by atoms with Crippen molar-refractivity contribution in [3.8, 4) is 0 Å². The molecule has 0 fully saturated rings. The molecule has 1 aromatic rings. The van der Waals surface area contributed by atoms with E-state index in [0.717, 1.165) is 6.92 Å². The van der Waals surface area contributed by atoms with E-state index in [2.05, 4.69) is 15.2 Å². The Labute approximate surface area is 102 Å². The van der Waals surface area contributed by atoms with Crippen molar-refractivity contribution in [2.45, 2.75) is 13.8 Å². The molecule has 15 heavy (non-hydrogen) atoms. The molecule has 0 aliphatic carbocycles. The molecule has 0 heterocycles. The van der Waals surface area contributed by atoms with Crippen LogP contribution in [0.5, 0.6) is 0 Å². The van der Waals surface area contributed by atoms with Crippen LogP contribution in [0.1, 0.15) is 13.8 Å². The number of carboxylic acid groups (broad SMARTS) is 1. The number of amides is 1. The van der Waals surface area contributed by atoms with E-state index >= 15 is 0 Å². The summed E-state index contributed by atoms with van der Waals surface area (Å²) in [5.41, 5.74) is 0. The normalized spacial score (nSPS) is 7.87. The fraction of sp³-hybridized carbons (Fsp3) is 0.200. The zero-order chi connectivity index (χ0) is 11.7. The summed E-state index contributed by atoms with van der Waals surface area (Å²) in [6, 6.07) is 10.2. The molecular formula is C10H13HgNO3. The number of hydrogen-bond donors (Lipinski definition) is 2. The minimum atomic E-state index is -1.27. The fourth-order valence-corrected chi connectivity index (χ4v) is 4.56. The second-order valence-electron chi connectivity index (χ2n) is 2.91. The summed E-state index contributed by atoms with van der Waals surface area (Å²) in [4.78, 5) is 19.6. The summed E-state index contributed by atoms with van der Waals surface area (Å²) in [6.45, 7) is 2.66. The van der Waals surface area contributed by atoms with E-state index in [0.29, 0.717) is 0 Å². The third-order valence-electron chi connectivity index (χ3n) is 1.38. The van der Waals surface area contributed by atoms with Crippen LogP contribution < -0.4 is 6.15 Å². The van der Waals surface area contributed by atoms with Gasteiger partial charge in [0, 0.05) is 6.92 Å². The summed E-state index contributed by atoms with van der Waals surface area (Å²) < 4.78 is 4.29. The van der Waals surface area contributed by atoms with Crippen molar-refractivity contribution in [1.82, 2.24) is 3.08 Å². The topological polar surface area (TPSA) is 66.4 Å². The van der Waals surface area contributed by atoms with Gasteiger partial charge in [-0.15, -0.1) is 0 Å². The molecule has 0 atom stereocenters. The van der Waals surface area contributed by atoms with Crippen LogP contribution in [0.4, 0.5) is 0 Å². The second-order valence-corrected chi connectivity index (χ2v) is 8.84. The average molecular weight is 396 g/mol. The Hall–Kier alpha value is -0.905. The van der Waals surface area contributed by atoms with E-state index in [-0.39, 0.29) is 5.91 Å². The van der Waals surface area contributed by atoms with Crippen molar-refractivity contribution < 1.29 is 39.6 Å². The van der Waals surface area contributed by atoms with E-state index in [4.69, 9.17) is 9.90 Å². The Bertz CT molecular complexity index is 310. The molecule has 0 bridgehead atoms. The van der Waals surface area contributed by atoms with Crippen molar-refractivity contribution in [3.63, 3.8) is 0 Å². The van der Waals surface area contributed by atoms with Crippen LogP contribution in [0.3, 0.4) is 0 Å². The van der Waals surface area contributed by atoms with Crippen molar-refractivity contribution in [1.29, 1.82) is 0 Å². The number of aliphatic carboxylic acids is 1. The van der Waals surface area contributed by atoms with Gasteiger partial charge in [-0.05, 0) is 0 Å². The van der Waals surface area contributed by atoms with Crippen LogP contribution in [0.25, 0.3) is 0 Å². The van der Waals surface area contributed by atoms with Crippen LogP contribution in [0.2, 0.25) is 0 Å². The predicted octanol–water partition coefficient (Wildman–Crippen LogP) is 0.536. The van der Waals surface area contributed by atoms with Crippen LogP contribution in [0, 0.1) is 0 Å². The van der Waals surface area contributed by atoms with Gasteiger partial charge in [-0.1, -0.05) is 0 Å². The third-order valence-corrected chi connectivity index (χ3v) is 7.43. The first-order valence-electron chi connectivity index (χ1n) is 4.50. The average Bonchev–Trinajstić information content (AvgIpc) is 2.15. The summed E-state index contributed by atoms with van der Waals surface area (Å²) in [7, 11) is 0. The maximum atomic E-state index is 10.6. The van der Waals surface area contributed by atoms with Gasteiger partial charge in [0.25, 0.3) is 5.97 Å². The quantitative estimate of drug-likeness (QED) is 0.718. The van der Waals surface area contributed by atoms with Gasteiger partial charge in [0.15, 0.2) is 0 Å². The zero-order valence-electron chi connectivity index (χ0n) is 8.86. The first kappa shape index (κ1) is 14.1. The molecule has 1 aromatic carbocycles. The summed E-state index contributed by atoms with van der Waals surface area (Å²) in [6.07, 6.45) is 0. The Morgan fingerprint density at radius 1 is 1.20 bits per heavy atom. The molecule has 78 valence electrons. The first-order chi connectivity index (χ1) is 7.02. The van der Waals surface area contributed by atoms with E-state index in [1.54, 1.807) is 6.92 Å². The molecule has 0 radical (unpaired) electrons. The van der Waals surface area contributed by atoms with Gasteiger partial charge in [0.05, 0.1) is 0 Å². The Kier molecular flexibility index (Phi) is 7.90. The molecule has 1 rings (SSSR count). The standard InChI is InChI=1S/C6H5.C2H5NO.C2H4O2.Hg/c1-2-4-6-5-3-1;2*1-2(3)4;/h1-5H;1H3,(H2,3,4);1H3,(H,3,4);/q;;;+1/p-1. The van der Waals surface area contributed by atoms with Gasteiger partial charge >= 0.3 is 79.0 Å². The molecule has 0 aliphatic heterocycles. The van der Waals surface area contributed by atoms with Crippen molar-refractivity contribution >= 4 is 14.9 Å². The molecule has 0 aliphatic rings. The molecular weight excluding hydrogens is 383 g/mol. The SMILES string of the molecule is CC(=O)O.CC(=O)[NH][Hg][c]1ccccc1. The van der Waals surface area contributed by atoms with Crippen molar-refractivity contribution in [3.05, 3.63) is 30.3 Å². The summed E-state index contributed by atoms with van der Waals surface area (Å²) in [5, 5.41) is 7.42. The number of carbonyl (C=O) groups excluding carboxylic acids is 1. The number of rotatable bonds is 2. The number of benzene rings is 1. The molecule has 2 N–H and O–H groups in total. The zero-order valence-corrected chi connectivity index (χ0v) is 14.4. The van der Waals surface area contributed by atoms with E-state index < -0.39 is 30.8 Å². The third kappa shape index (κ3) is 11.0. The molecule has 1 amide bonds. The van der Waals surface area contributed by atoms with Crippen LogP contribution in [-0.2, 0) is 34.5 Å². The fourth-order valence-electron chi connectivity index (χ4n) is 0.822. The second kappa shape index (κ2) is 8.41. The summed E-state index contributed by atoms with van der Waals surface area (Å²) in [5.74, 6) is -0.726. The number of carboxylic acids is 1. The van der Waals surface area contributed by atoms with Crippen molar-refractivity contribution in [2.24, 2.45) is 0 Å². The minimum absolute atomic E-state index is 0.107. The first-order valence-corrected chi connectivity index (χ1v) is 10.00. The van der Waals surface area contributed by atoms with Gasteiger partial charge in [-0.25, -0.2) is 0 Å². The number of carbonyl (C=O) groups is 2.